The first-order valence-corrected chi connectivity index (χ1v) is 7.42. The Balaban J connectivity index is 1.82. The van der Waals surface area contributed by atoms with Crippen LogP contribution in [-0.4, -0.2) is 29.8 Å². The summed E-state index contributed by atoms with van der Waals surface area (Å²) in [5, 5.41) is 5.47. The van der Waals surface area contributed by atoms with Gasteiger partial charge >= 0.3 is 0 Å². The second-order valence-electron chi connectivity index (χ2n) is 5.61. The zero-order valence-corrected chi connectivity index (χ0v) is 12.2. The van der Waals surface area contributed by atoms with E-state index in [2.05, 4.69) is 29.5 Å². The molecule has 2 unspecified atom stereocenters. The summed E-state index contributed by atoms with van der Waals surface area (Å²) in [6, 6.07) is 0. The van der Waals surface area contributed by atoms with Gasteiger partial charge in [0.25, 0.3) is 0 Å². The van der Waals surface area contributed by atoms with Crippen molar-refractivity contribution in [2.45, 2.75) is 45.4 Å². The van der Waals surface area contributed by atoms with E-state index in [9.17, 15) is 0 Å². The third-order valence-corrected chi connectivity index (χ3v) is 4.87. The van der Waals surface area contributed by atoms with Crippen LogP contribution < -0.4 is 11.1 Å². The summed E-state index contributed by atoms with van der Waals surface area (Å²) in [4.78, 5) is 4.25. The highest BCUT2D eigenvalue weighted by molar-refractivity contribution is 7.07. The Morgan fingerprint density at radius 1 is 1.61 bits per heavy atom. The largest absolute Gasteiger partial charge is 0.378 e. The molecule has 0 aromatic carbocycles. The minimum absolute atomic E-state index is 0.0259. The van der Waals surface area contributed by atoms with E-state index in [1.165, 1.54) is 0 Å². The molecule has 1 aliphatic rings. The predicted octanol–water partition coefficient (Wildman–Crippen LogP) is 1.77. The molecule has 0 spiro atoms. The van der Waals surface area contributed by atoms with Gasteiger partial charge in [-0.2, -0.15) is 0 Å². The van der Waals surface area contributed by atoms with Gasteiger partial charge in [-0.3, -0.25) is 0 Å². The molecule has 18 heavy (non-hydrogen) atoms. The number of nitrogens with one attached hydrogen (secondary N) is 1. The van der Waals surface area contributed by atoms with Crippen LogP contribution in [0.2, 0.25) is 0 Å². The summed E-state index contributed by atoms with van der Waals surface area (Å²) in [7, 11) is 0. The van der Waals surface area contributed by atoms with E-state index >= 15 is 0 Å². The lowest BCUT2D eigenvalue weighted by atomic mass is 9.54. The summed E-state index contributed by atoms with van der Waals surface area (Å²) < 4.78 is 5.72. The number of ether oxygens (including phenoxy) is 1. The van der Waals surface area contributed by atoms with Gasteiger partial charge in [-0.05, 0) is 13.3 Å². The van der Waals surface area contributed by atoms with E-state index in [1.807, 2.05) is 12.4 Å². The first-order chi connectivity index (χ1) is 8.49. The van der Waals surface area contributed by atoms with E-state index in [0.29, 0.717) is 0 Å². The van der Waals surface area contributed by atoms with Gasteiger partial charge in [0.2, 0.25) is 0 Å². The molecular formula is C13H23N3OS. The zero-order valence-electron chi connectivity index (χ0n) is 11.4. The van der Waals surface area contributed by atoms with Gasteiger partial charge in [0.05, 0.1) is 17.3 Å². The van der Waals surface area contributed by atoms with Gasteiger partial charge < -0.3 is 15.8 Å². The number of aromatic nitrogens is 1. The van der Waals surface area contributed by atoms with E-state index in [4.69, 9.17) is 10.5 Å². The maximum atomic E-state index is 6.48. The van der Waals surface area contributed by atoms with Crippen LogP contribution in [0.5, 0.6) is 0 Å². The molecule has 1 fully saturated rings. The van der Waals surface area contributed by atoms with Crippen molar-refractivity contribution >= 4 is 11.3 Å². The highest BCUT2D eigenvalue weighted by Gasteiger charge is 2.58. The SMILES string of the molecule is CCOC1CC(N)(CNCc2cscn2)C1(C)C. The van der Waals surface area contributed by atoms with Crippen LogP contribution in [0.15, 0.2) is 10.9 Å². The summed E-state index contributed by atoms with van der Waals surface area (Å²) >= 11 is 1.62. The van der Waals surface area contributed by atoms with Crippen LogP contribution in [0.4, 0.5) is 0 Å². The Morgan fingerprint density at radius 3 is 2.94 bits per heavy atom. The van der Waals surface area contributed by atoms with Crippen molar-refractivity contribution in [2.75, 3.05) is 13.2 Å². The third kappa shape index (κ3) is 2.45. The van der Waals surface area contributed by atoms with E-state index in [-0.39, 0.29) is 17.1 Å². The minimum atomic E-state index is -0.178. The van der Waals surface area contributed by atoms with E-state index < -0.39 is 0 Å². The Hall–Kier alpha value is -0.490. The molecule has 102 valence electrons. The smallest absolute Gasteiger partial charge is 0.0795 e. The summed E-state index contributed by atoms with van der Waals surface area (Å²) in [6.07, 6.45) is 1.21. The predicted molar refractivity (Wildman–Crippen MR) is 74.6 cm³/mol. The Kier molecular flexibility index (Phi) is 4.06. The Labute approximate surface area is 113 Å². The van der Waals surface area contributed by atoms with Crippen LogP contribution in [0.25, 0.3) is 0 Å². The first-order valence-electron chi connectivity index (χ1n) is 6.48. The second-order valence-corrected chi connectivity index (χ2v) is 6.33. The van der Waals surface area contributed by atoms with Gasteiger partial charge in [-0.15, -0.1) is 11.3 Å². The summed E-state index contributed by atoms with van der Waals surface area (Å²) in [6.45, 7) is 8.78. The van der Waals surface area contributed by atoms with Crippen molar-refractivity contribution in [2.24, 2.45) is 11.1 Å². The quantitative estimate of drug-likeness (QED) is 0.826. The molecule has 0 aliphatic heterocycles. The van der Waals surface area contributed by atoms with Gasteiger partial charge in [-0.1, -0.05) is 13.8 Å². The lowest BCUT2D eigenvalue weighted by Crippen LogP contribution is -2.73. The molecule has 1 saturated carbocycles. The summed E-state index contributed by atoms with van der Waals surface area (Å²) in [5.41, 5.74) is 9.27. The fourth-order valence-electron chi connectivity index (χ4n) is 2.55. The van der Waals surface area contributed by atoms with Crippen LogP contribution in [0.1, 0.15) is 32.9 Å². The molecule has 1 aliphatic carbocycles. The number of rotatable bonds is 6. The fourth-order valence-corrected chi connectivity index (χ4v) is 3.10. The average Bonchev–Trinajstić information content (AvgIpc) is 2.82. The molecule has 1 aromatic heterocycles. The maximum Gasteiger partial charge on any atom is 0.0795 e. The number of nitrogens with two attached hydrogens (primary N) is 1. The number of hydrogen-bond acceptors (Lipinski definition) is 5. The molecule has 0 saturated heterocycles. The minimum Gasteiger partial charge on any atom is -0.378 e. The molecule has 2 rings (SSSR count). The van der Waals surface area contributed by atoms with Crippen molar-refractivity contribution in [3.8, 4) is 0 Å². The van der Waals surface area contributed by atoms with Crippen LogP contribution in [0.3, 0.4) is 0 Å². The van der Waals surface area contributed by atoms with Crippen LogP contribution in [-0.2, 0) is 11.3 Å². The lowest BCUT2D eigenvalue weighted by molar-refractivity contribution is -0.148. The van der Waals surface area contributed by atoms with Crippen molar-refractivity contribution in [1.29, 1.82) is 0 Å². The number of thiazole rings is 1. The number of nitrogens with zero attached hydrogens (tertiary/aromatic N) is 1. The number of hydrogen-bond donors (Lipinski definition) is 2. The topological polar surface area (TPSA) is 60.2 Å². The molecule has 4 nitrogen and oxygen atoms in total. The normalized spacial score (nSPS) is 30.1. The lowest BCUT2D eigenvalue weighted by Gasteiger charge is -2.59. The van der Waals surface area contributed by atoms with Gasteiger partial charge in [0, 0.05) is 36.0 Å². The second kappa shape index (κ2) is 5.25. The zero-order chi connectivity index (χ0) is 13.2. The fraction of sp³-hybridized carbons (Fsp3) is 0.769. The molecule has 1 aromatic rings. The summed E-state index contributed by atoms with van der Waals surface area (Å²) in [5.74, 6) is 0. The Morgan fingerprint density at radius 2 is 2.39 bits per heavy atom. The van der Waals surface area contributed by atoms with Gasteiger partial charge in [0.15, 0.2) is 0 Å². The van der Waals surface area contributed by atoms with Crippen molar-refractivity contribution in [1.82, 2.24) is 10.3 Å². The van der Waals surface area contributed by atoms with Gasteiger partial charge in [0.1, 0.15) is 0 Å². The van der Waals surface area contributed by atoms with E-state index in [1.54, 1.807) is 11.3 Å². The molecule has 1 heterocycles. The molecule has 0 amide bonds. The van der Waals surface area contributed by atoms with Gasteiger partial charge in [-0.25, -0.2) is 4.98 Å². The van der Waals surface area contributed by atoms with Crippen molar-refractivity contribution in [3.63, 3.8) is 0 Å². The molecule has 0 radical (unpaired) electrons. The molecular weight excluding hydrogens is 246 g/mol. The van der Waals surface area contributed by atoms with Crippen molar-refractivity contribution in [3.05, 3.63) is 16.6 Å². The van der Waals surface area contributed by atoms with Crippen LogP contribution in [0, 0.1) is 5.41 Å². The third-order valence-electron chi connectivity index (χ3n) is 4.24. The molecule has 0 bridgehead atoms. The first kappa shape index (κ1) is 13.9. The van der Waals surface area contributed by atoms with Crippen LogP contribution >= 0.6 is 11.3 Å². The monoisotopic (exact) mass is 269 g/mol. The molecule has 5 heteroatoms. The highest BCUT2D eigenvalue weighted by atomic mass is 32.1. The standard InChI is InChI=1S/C13H23N3OS/c1-4-17-11-5-13(14,12(11,2)3)8-15-6-10-7-18-9-16-10/h7,9,11,15H,4-6,8,14H2,1-3H3. The Bertz CT molecular complexity index is 380. The molecule has 3 N–H and O–H groups in total. The molecule has 2 atom stereocenters. The maximum absolute atomic E-state index is 6.48. The van der Waals surface area contributed by atoms with Crippen molar-refractivity contribution < 1.29 is 4.74 Å². The average molecular weight is 269 g/mol. The highest BCUT2D eigenvalue weighted by Crippen LogP contribution is 2.49. The van der Waals surface area contributed by atoms with E-state index in [0.717, 1.165) is 31.8 Å².